The average Bonchev–Trinajstić information content (AvgIpc) is 2.54. The molecule has 0 aromatic carbocycles. The summed E-state index contributed by atoms with van der Waals surface area (Å²) >= 11 is 0. The predicted molar refractivity (Wildman–Crippen MR) is 48.1 cm³/mol. The fourth-order valence-corrected chi connectivity index (χ4v) is 1.36. The number of hydrogen-bond donors (Lipinski definition) is 3. The van der Waals surface area contributed by atoms with Gasteiger partial charge in [-0.15, -0.1) is 0 Å². The van der Waals surface area contributed by atoms with Gasteiger partial charge in [0.15, 0.2) is 0 Å². The highest BCUT2D eigenvalue weighted by Gasteiger charge is 2.12. The lowest BCUT2D eigenvalue weighted by atomic mass is 10.4. The number of aromatic nitrogens is 2. The van der Waals surface area contributed by atoms with Gasteiger partial charge in [0.25, 0.3) is 0 Å². The fourth-order valence-electron chi connectivity index (χ4n) is 1.36. The third-order valence-corrected chi connectivity index (χ3v) is 2.00. The van der Waals surface area contributed by atoms with E-state index in [2.05, 4.69) is 20.2 Å². The molecule has 2 rings (SSSR count). The highest BCUT2D eigenvalue weighted by Crippen LogP contribution is 2.09. The Morgan fingerprint density at radius 2 is 2.17 bits per heavy atom. The molecule has 1 aliphatic rings. The van der Waals surface area contributed by atoms with Crippen LogP contribution in [0, 0.1) is 0 Å². The molecule has 5 heteroatoms. The summed E-state index contributed by atoms with van der Waals surface area (Å²) in [7, 11) is 0. The Morgan fingerprint density at radius 3 is 2.75 bits per heavy atom. The zero-order chi connectivity index (χ0) is 8.39. The van der Waals surface area contributed by atoms with Gasteiger partial charge in [0, 0.05) is 26.2 Å². The van der Waals surface area contributed by atoms with Crippen LogP contribution in [-0.2, 0) is 0 Å². The standard InChI is InChI=1S/C7H13N5/c8-6-5-10-7(11-6)12-3-1-9-2-4-12/h5,9H,1-4,8H2,(H,10,11). The number of nitrogen functional groups attached to an aromatic ring is 1. The van der Waals surface area contributed by atoms with Crippen LogP contribution in [0.15, 0.2) is 6.20 Å². The molecule has 4 N–H and O–H groups in total. The summed E-state index contributed by atoms with van der Waals surface area (Å²) in [6, 6.07) is 0. The summed E-state index contributed by atoms with van der Waals surface area (Å²) in [5.41, 5.74) is 5.52. The van der Waals surface area contributed by atoms with Crippen molar-refractivity contribution in [2.45, 2.75) is 0 Å². The second-order valence-corrected chi connectivity index (χ2v) is 2.90. The van der Waals surface area contributed by atoms with Gasteiger partial charge in [0.2, 0.25) is 5.95 Å². The smallest absolute Gasteiger partial charge is 0.204 e. The molecular weight excluding hydrogens is 154 g/mol. The molecule has 1 aromatic rings. The molecule has 0 bridgehead atoms. The Kier molecular flexibility index (Phi) is 1.87. The quantitative estimate of drug-likeness (QED) is 0.522. The van der Waals surface area contributed by atoms with Crippen molar-refractivity contribution in [1.29, 1.82) is 0 Å². The van der Waals surface area contributed by atoms with Crippen molar-refractivity contribution in [1.82, 2.24) is 15.3 Å². The average molecular weight is 167 g/mol. The van der Waals surface area contributed by atoms with Crippen molar-refractivity contribution in [2.24, 2.45) is 0 Å². The number of aromatic amines is 1. The first-order valence-corrected chi connectivity index (χ1v) is 4.12. The summed E-state index contributed by atoms with van der Waals surface area (Å²) in [4.78, 5) is 9.35. The minimum absolute atomic E-state index is 0.628. The highest BCUT2D eigenvalue weighted by atomic mass is 15.3. The van der Waals surface area contributed by atoms with Gasteiger partial charge >= 0.3 is 0 Å². The Bertz CT molecular complexity index is 250. The number of anilines is 2. The first-order chi connectivity index (χ1) is 5.86. The van der Waals surface area contributed by atoms with E-state index in [9.17, 15) is 0 Å². The topological polar surface area (TPSA) is 70.0 Å². The van der Waals surface area contributed by atoms with E-state index < -0.39 is 0 Å². The Hall–Kier alpha value is -1.23. The van der Waals surface area contributed by atoms with E-state index >= 15 is 0 Å². The summed E-state index contributed by atoms with van der Waals surface area (Å²) in [6.07, 6.45) is 1.65. The van der Waals surface area contributed by atoms with E-state index in [1.165, 1.54) is 0 Å². The van der Waals surface area contributed by atoms with Crippen LogP contribution in [-0.4, -0.2) is 36.1 Å². The molecule has 0 radical (unpaired) electrons. The van der Waals surface area contributed by atoms with Crippen LogP contribution >= 0.6 is 0 Å². The number of piperazine rings is 1. The summed E-state index contributed by atoms with van der Waals surface area (Å²) in [5, 5.41) is 3.28. The van der Waals surface area contributed by atoms with Gasteiger partial charge in [-0.2, -0.15) is 0 Å². The van der Waals surface area contributed by atoms with Crippen molar-refractivity contribution in [3.05, 3.63) is 6.20 Å². The maximum atomic E-state index is 5.52. The molecule has 0 aliphatic carbocycles. The van der Waals surface area contributed by atoms with Crippen LogP contribution in [0.3, 0.4) is 0 Å². The molecule has 0 amide bonds. The largest absolute Gasteiger partial charge is 0.384 e. The maximum absolute atomic E-state index is 5.52. The van der Waals surface area contributed by atoms with Crippen molar-refractivity contribution < 1.29 is 0 Å². The maximum Gasteiger partial charge on any atom is 0.204 e. The van der Waals surface area contributed by atoms with Crippen molar-refractivity contribution in [3.8, 4) is 0 Å². The molecule has 1 aliphatic heterocycles. The lowest BCUT2D eigenvalue weighted by Gasteiger charge is -2.26. The molecule has 1 fully saturated rings. The molecule has 5 nitrogen and oxygen atoms in total. The van der Waals surface area contributed by atoms with E-state index in [0.29, 0.717) is 5.82 Å². The van der Waals surface area contributed by atoms with Gasteiger partial charge in [-0.05, 0) is 0 Å². The van der Waals surface area contributed by atoms with Crippen molar-refractivity contribution >= 4 is 11.8 Å². The highest BCUT2D eigenvalue weighted by molar-refractivity contribution is 5.39. The molecule has 0 saturated carbocycles. The van der Waals surface area contributed by atoms with E-state index in [1.807, 2.05) is 0 Å². The Labute approximate surface area is 71.0 Å². The van der Waals surface area contributed by atoms with Crippen LogP contribution in [0.25, 0.3) is 0 Å². The first-order valence-electron chi connectivity index (χ1n) is 4.12. The molecule has 0 atom stereocenters. The first kappa shape index (κ1) is 7.42. The third kappa shape index (κ3) is 1.35. The summed E-state index contributed by atoms with van der Waals surface area (Å²) in [5.74, 6) is 1.51. The molecular formula is C7H13N5. The zero-order valence-electron chi connectivity index (χ0n) is 6.88. The van der Waals surface area contributed by atoms with Gasteiger partial charge in [-0.1, -0.05) is 0 Å². The van der Waals surface area contributed by atoms with Crippen molar-refractivity contribution in [3.63, 3.8) is 0 Å². The number of H-pyrrole nitrogens is 1. The monoisotopic (exact) mass is 167 g/mol. The second-order valence-electron chi connectivity index (χ2n) is 2.90. The number of imidazole rings is 1. The number of nitrogens with two attached hydrogens (primary N) is 1. The minimum atomic E-state index is 0.628. The van der Waals surface area contributed by atoms with Crippen LogP contribution < -0.4 is 16.0 Å². The molecule has 1 aromatic heterocycles. The van der Waals surface area contributed by atoms with Gasteiger partial charge < -0.3 is 20.9 Å². The molecule has 0 unspecified atom stereocenters. The number of nitrogens with zero attached hydrogens (tertiary/aromatic N) is 2. The van der Waals surface area contributed by atoms with Crippen LogP contribution in [0.1, 0.15) is 0 Å². The number of nitrogens with one attached hydrogen (secondary N) is 2. The van der Waals surface area contributed by atoms with Crippen LogP contribution in [0.4, 0.5) is 11.8 Å². The lowest BCUT2D eigenvalue weighted by molar-refractivity contribution is 0.581. The fraction of sp³-hybridized carbons (Fsp3) is 0.571. The predicted octanol–water partition coefficient (Wildman–Crippen LogP) is -0.599. The molecule has 66 valence electrons. The Morgan fingerprint density at radius 1 is 1.42 bits per heavy atom. The molecule has 2 heterocycles. The second kappa shape index (κ2) is 3.02. The van der Waals surface area contributed by atoms with Crippen LogP contribution in [0.2, 0.25) is 0 Å². The van der Waals surface area contributed by atoms with Gasteiger partial charge in [0.1, 0.15) is 5.82 Å². The summed E-state index contributed by atoms with van der Waals surface area (Å²) in [6.45, 7) is 4.01. The van der Waals surface area contributed by atoms with Gasteiger partial charge in [-0.3, -0.25) is 0 Å². The lowest BCUT2D eigenvalue weighted by Crippen LogP contribution is -2.44. The number of rotatable bonds is 1. The minimum Gasteiger partial charge on any atom is -0.384 e. The third-order valence-electron chi connectivity index (χ3n) is 2.00. The van der Waals surface area contributed by atoms with Gasteiger partial charge in [-0.25, -0.2) is 4.98 Å². The van der Waals surface area contributed by atoms with E-state index in [1.54, 1.807) is 6.20 Å². The summed E-state index contributed by atoms with van der Waals surface area (Å²) < 4.78 is 0. The SMILES string of the molecule is Nc1cnc(N2CCNCC2)[nH]1. The number of hydrogen-bond acceptors (Lipinski definition) is 4. The van der Waals surface area contributed by atoms with Crippen molar-refractivity contribution in [2.75, 3.05) is 36.8 Å². The van der Waals surface area contributed by atoms with E-state index in [-0.39, 0.29) is 0 Å². The van der Waals surface area contributed by atoms with Gasteiger partial charge in [0.05, 0.1) is 6.20 Å². The zero-order valence-corrected chi connectivity index (χ0v) is 6.88. The van der Waals surface area contributed by atoms with Crippen LogP contribution in [0.5, 0.6) is 0 Å². The molecule has 12 heavy (non-hydrogen) atoms. The Balaban J connectivity index is 2.08. The molecule has 0 spiro atoms. The molecule has 1 saturated heterocycles. The van der Waals surface area contributed by atoms with E-state index in [4.69, 9.17) is 5.73 Å². The normalized spacial score (nSPS) is 18.2. The van der Waals surface area contributed by atoms with E-state index in [0.717, 1.165) is 32.1 Å².